The SMILES string of the molecule is CCNC(=O)C(CC)N(Cc1cccc(C)c1)C(=O)CC(c1ccccc1)c1ccccc1. The Labute approximate surface area is 197 Å². The number of nitrogens with zero attached hydrogens (tertiary/aromatic N) is 1. The fourth-order valence-corrected chi connectivity index (χ4v) is 4.31. The second-order valence-electron chi connectivity index (χ2n) is 8.41. The zero-order chi connectivity index (χ0) is 23.6. The van der Waals surface area contributed by atoms with E-state index in [1.54, 1.807) is 4.90 Å². The molecule has 1 unspecified atom stereocenters. The van der Waals surface area contributed by atoms with Crippen molar-refractivity contribution in [2.24, 2.45) is 0 Å². The summed E-state index contributed by atoms with van der Waals surface area (Å²) < 4.78 is 0. The summed E-state index contributed by atoms with van der Waals surface area (Å²) in [6, 6.07) is 27.9. The van der Waals surface area contributed by atoms with Crippen LogP contribution >= 0.6 is 0 Å². The minimum absolute atomic E-state index is 0.0210. The number of carbonyl (C=O) groups excluding carboxylic acids is 2. The van der Waals surface area contributed by atoms with Gasteiger partial charge in [-0.1, -0.05) is 97.4 Å². The molecule has 0 heterocycles. The van der Waals surface area contributed by atoms with E-state index in [1.807, 2.05) is 75.4 Å². The standard InChI is InChI=1S/C29H34N2O2/c1-4-27(29(33)30-5-2)31(21-23-14-12-13-22(3)19-23)28(32)20-26(24-15-8-6-9-16-24)25-17-10-7-11-18-25/h6-19,26-27H,4-5,20-21H2,1-3H3,(H,30,33). The van der Waals surface area contributed by atoms with E-state index in [4.69, 9.17) is 0 Å². The van der Waals surface area contributed by atoms with Crippen molar-refractivity contribution < 1.29 is 9.59 Å². The first kappa shape index (κ1) is 24.2. The maximum atomic E-state index is 13.8. The highest BCUT2D eigenvalue weighted by Gasteiger charge is 2.30. The Balaban J connectivity index is 1.95. The number of hydrogen-bond donors (Lipinski definition) is 1. The van der Waals surface area contributed by atoms with Crippen LogP contribution in [0.15, 0.2) is 84.9 Å². The smallest absolute Gasteiger partial charge is 0.242 e. The Bertz CT molecular complexity index is 994. The summed E-state index contributed by atoms with van der Waals surface area (Å²) in [5.74, 6) is -0.198. The van der Waals surface area contributed by atoms with Gasteiger partial charge in [-0.2, -0.15) is 0 Å². The Morgan fingerprint density at radius 1 is 0.848 bits per heavy atom. The summed E-state index contributed by atoms with van der Waals surface area (Å²) in [5, 5.41) is 2.91. The van der Waals surface area contributed by atoms with Crippen molar-refractivity contribution in [3.05, 3.63) is 107 Å². The molecule has 0 aliphatic rings. The molecule has 0 spiro atoms. The lowest BCUT2D eigenvalue weighted by Crippen LogP contribution is -2.49. The number of rotatable bonds is 10. The molecule has 0 radical (unpaired) electrons. The van der Waals surface area contributed by atoms with Gasteiger partial charge in [0.15, 0.2) is 0 Å². The molecule has 4 nitrogen and oxygen atoms in total. The quantitative estimate of drug-likeness (QED) is 0.453. The molecule has 0 saturated heterocycles. The fourth-order valence-electron chi connectivity index (χ4n) is 4.31. The van der Waals surface area contributed by atoms with Crippen LogP contribution < -0.4 is 5.32 Å². The monoisotopic (exact) mass is 442 g/mol. The lowest BCUT2D eigenvalue weighted by atomic mass is 9.88. The van der Waals surface area contributed by atoms with E-state index >= 15 is 0 Å². The highest BCUT2D eigenvalue weighted by Crippen LogP contribution is 2.29. The van der Waals surface area contributed by atoms with E-state index in [-0.39, 0.29) is 17.7 Å². The van der Waals surface area contributed by atoms with Crippen LogP contribution in [0.1, 0.15) is 54.9 Å². The Hall–Kier alpha value is -3.40. The van der Waals surface area contributed by atoms with E-state index in [0.29, 0.717) is 25.9 Å². The molecule has 1 atom stereocenters. The average Bonchev–Trinajstić information content (AvgIpc) is 2.83. The number of likely N-dealkylation sites (N-methyl/N-ethyl adjacent to an activating group) is 1. The van der Waals surface area contributed by atoms with Crippen LogP contribution in [-0.2, 0) is 16.1 Å². The molecule has 2 amide bonds. The highest BCUT2D eigenvalue weighted by atomic mass is 16.2. The molecular formula is C29H34N2O2. The molecule has 4 heteroatoms. The van der Waals surface area contributed by atoms with Crippen molar-refractivity contribution >= 4 is 11.8 Å². The van der Waals surface area contributed by atoms with Gasteiger partial charge in [-0.25, -0.2) is 0 Å². The third kappa shape index (κ3) is 6.55. The van der Waals surface area contributed by atoms with Crippen LogP contribution in [0.3, 0.4) is 0 Å². The van der Waals surface area contributed by atoms with Crippen LogP contribution in [0.25, 0.3) is 0 Å². The van der Waals surface area contributed by atoms with E-state index in [2.05, 4.69) is 35.6 Å². The third-order valence-corrected chi connectivity index (χ3v) is 5.95. The van der Waals surface area contributed by atoms with Crippen molar-refractivity contribution in [2.75, 3.05) is 6.54 Å². The molecule has 0 saturated carbocycles. The first-order valence-electron chi connectivity index (χ1n) is 11.8. The summed E-state index contributed by atoms with van der Waals surface area (Å²) >= 11 is 0. The summed E-state index contributed by atoms with van der Waals surface area (Å²) in [7, 11) is 0. The fraction of sp³-hybridized carbons (Fsp3) is 0.310. The van der Waals surface area contributed by atoms with Gasteiger partial charge in [0, 0.05) is 25.4 Å². The summed E-state index contributed by atoms with van der Waals surface area (Å²) in [5.41, 5.74) is 4.36. The Morgan fingerprint density at radius 3 is 1.97 bits per heavy atom. The molecule has 0 fully saturated rings. The second kappa shape index (κ2) is 12.0. The van der Waals surface area contributed by atoms with E-state index in [9.17, 15) is 9.59 Å². The van der Waals surface area contributed by atoms with E-state index in [1.165, 1.54) is 0 Å². The molecule has 0 aliphatic heterocycles. The first-order chi connectivity index (χ1) is 16.0. The normalized spacial score (nSPS) is 11.8. The van der Waals surface area contributed by atoms with Crippen LogP contribution in [0.5, 0.6) is 0 Å². The van der Waals surface area contributed by atoms with Crippen molar-refractivity contribution in [1.82, 2.24) is 10.2 Å². The summed E-state index contributed by atoms with van der Waals surface area (Å²) in [6.07, 6.45) is 0.862. The van der Waals surface area contributed by atoms with Gasteiger partial charge in [0.2, 0.25) is 11.8 Å². The van der Waals surface area contributed by atoms with Gasteiger partial charge >= 0.3 is 0 Å². The van der Waals surface area contributed by atoms with Crippen LogP contribution in [0, 0.1) is 6.92 Å². The molecule has 3 rings (SSSR count). The number of amides is 2. The topological polar surface area (TPSA) is 49.4 Å². The number of aryl methyl sites for hydroxylation is 1. The molecule has 172 valence electrons. The maximum Gasteiger partial charge on any atom is 0.242 e. The van der Waals surface area contributed by atoms with Crippen molar-refractivity contribution in [2.45, 2.75) is 52.1 Å². The third-order valence-electron chi connectivity index (χ3n) is 5.95. The zero-order valence-electron chi connectivity index (χ0n) is 19.8. The average molecular weight is 443 g/mol. The van der Waals surface area contributed by atoms with Gasteiger partial charge in [-0.15, -0.1) is 0 Å². The molecule has 0 bridgehead atoms. The van der Waals surface area contributed by atoms with Crippen LogP contribution in [-0.4, -0.2) is 29.3 Å². The number of hydrogen-bond acceptors (Lipinski definition) is 2. The minimum atomic E-state index is -0.509. The highest BCUT2D eigenvalue weighted by molar-refractivity contribution is 5.88. The van der Waals surface area contributed by atoms with Gasteiger partial charge in [0.25, 0.3) is 0 Å². The Morgan fingerprint density at radius 2 is 1.45 bits per heavy atom. The van der Waals surface area contributed by atoms with Gasteiger partial charge < -0.3 is 10.2 Å². The second-order valence-corrected chi connectivity index (χ2v) is 8.41. The molecule has 3 aromatic rings. The lowest BCUT2D eigenvalue weighted by molar-refractivity contribution is -0.141. The summed E-state index contributed by atoms with van der Waals surface area (Å²) in [6.45, 7) is 6.85. The van der Waals surface area contributed by atoms with E-state index < -0.39 is 6.04 Å². The molecular weight excluding hydrogens is 408 g/mol. The minimum Gasteiger partial charge on any atom is -0.355 e. The molecule has 0 aliphatic carbocycles. The maximum absolute atomic E-state index is 13.8. The molecule has 3 aromatic carbocycles. The van der Waals surface area contributed by atoms with Gasteiger partial charge in [0.1, 0.15) is 6.04 Å². The number of benzene rings is 3. The zero-order valence-corrected chi connectivity index (χ0v) is 19.8. The first-order valence-corrected chi connectivity index (χ1v) is 11.8. The van der Waals surface area contributed by atoms with Gasteiger partial charge in [-0.3, -0.25) is 9.59 Å². The molecule has 1 N–H and O–H groups in total. The predicted octanol–water partition coefficient (Wildman–Crippen LogP) is 5.46. The van der Waals surface area contributed by atoms with Gasteiger partial charge in [-0.05, 0) is 37.0 Å². The van der Waals surface area contributed by atoms with Gasteiger partial charge in [0.05, 0.1) is 0 Å². The predicted molar refractivity (Wildman–Crippen MR) is 134 cm³/mol. The largest absolute Gasteiger partial charge is 0.355 e. The molecule has 0 aromatic heterocycles. The van der Waals surface area contributed by atoms with Crippen LogP contribution in [0.4, 0.5) is 0 Å². The van der Waals surface area contributed by atoms with Crippen molar-refractivity contribution in [1.29, 1.82) is 0 Å². The summed E-state index contributed by atoms with van der Waals surface area (Å²) in [4.78, 5) is 28.5. The lowest BCUT2D eigenvalue weighted by Gasteiger charge is -2.32. The van der Waals surface area contributed by atoms with Crippen molar-refractivity contribution in [3.8, 4) is 0 Å². The number of nitrogens with one attached hydrogen (secondary N) is 1. The van der Waals surface area contributed by atoms with E-state index in [0.717, 1.165) is 22.3 Å². The van der Waals surface area contributed by atoms with Crippen LogP contribution in [0.2, 0.25) is 0 Å². The number of carbonyl (C=O) groups is 2. The molecule has 33 heavy (non-hydrogen) atoms. The Kier molecular flexibility index (Phi) is 8.82. The van der Waals surface area contributed by atoms with Crippen molar-refractivity contribution in [3.63, 3.8) is 0 Å².